The lowest BCUT2D eigenvalue weighted by atomic mass is 9.93. The molecule has 0 radical (unpaired) electrons. The minimum atomic E-state index is -0.299. The van der Waals surface area contributed by atoms with Gasteiger partial charge in [-0.1, -0.05) is 41.9 Å². The maximum atomic E-state index is 12.6. The Kier molecular flexibility index (Phi) is 4.10. The Hall–Kier alpha value is -2.17. The normalized spacial score (nSPS) is 13.5. The van der Waals surface area contributed by atoms with E-state index in [1.165, 1.54) is 21.7 Å². The van der Waals surface area contributed by atoms with Crippen LogP contribution in [0.4, 0.5) is 0 Å². The number of hydrogen-bond donors (Lipinski definition) is 0. The van der Waals surface area contributed by atoms with Gasteiger partial charge in [0.05, 0.1) is 16.3 Å². The van der Waals surface area contributed by atoms with Crippen LogP contribution in [0.1, 0.15) is 26.4 Å². The highest BCUT2D eigenvalue weighted by molar-refractivity contribution is 7.09. The average molecular weight is 369 g/mol. The summed E-state index contributed by atoms with van der Waals surface area (Å²) in [4.78, 5) is 18.9. The van der Waals surface area contributed by atoms with Gasteiger partial charge in [0.25, 0.3) is 5.91 Å². The molecule has 0 aliphatic heterocycles. The van der Waals surface area contributed by atoms with Crippen molar-refractivity contribution < 1.29 is 4.79 Å². The molecule has 3 aromatic rings. The van der Waals surface area contributed by atoms with Crippen molar-refractivity contribution >= 4 is 28.8 Å². The smallest absolute Gasteiger partial charge is 0.281 e. The number of nitrogens with zero attached hydrogens (tertiary/aromatic N) is 2. The van der Waals surface area contributed by atoms with Crippen LogP contribution in [-0.2, 0) is 19.9 Å². The molecule has 0 unspecified atom stereocenters. The van der Waals surface area contributed by atoms with Crippen molar-refractivity contribution in [1.29, 1.82) is 0 Å². The summed E-state index contributed by atoms with van der Waals surface area (Å²) in [7, 11) is 1.97. The van der Waals surface area contributed by atoms with E-state index < -0.39 is 0 Å². The number of thiazole rings is 1. The lowest BCUT2D eigenvalue weighted by molar-refractivity contribution is 0.0998. The van der Waals surface area contributed by atoms with Crippen LogP contribution in [0.2, 0.25) is 5.02 Å². The maximum Gasteiger partial charge on any atom is 0.281 e. The first kappa shape index (κ1) is 16.3. The second-order valence-electron chi connectivity index (χ2n) is 6.27. The van der Waals surface area contributed by atoms with E-state index >= 15 is 0 Å². The van der Waals surface area contributed by atoms with E-state index in [4.69, 9.17) is 11.6 Å². The molecule has 2 aromatic carbocycles. The molecule has 0 saturated heterocycles. The number of rotatable bonds is 1. The molecule has 25 heavy (non-hydrogen) atoms. The fourth-order valence-corrected chi connectivity index (χ4v) is 4.71. The molecule has 5 heteroatoms. The second-order valence-corrected chi connectivity index (χ2v) is 7.74. The molecular weight excluding hydrogens is 352 g/mol. The van der Waals surface area contributed by atoms with E-state index in [1.54, 1.807) is 23.5 Å². The summed E-state index contributed by atoms with van der Waals surface area (Å²) < 4.78 is 2.03. The molecule has 0 N–H and O–H groups in total. The molecule has 0 bridgehead atoms. The van der Waals surface area contributed by atoms with Crippen molar-refractivity contribution in [3.05, 3.63) is 73.9 Å². The molecular formula is C20H17ClN2OS. The summed E-state index contributed by atoms with van der Waals surface area (Å²) in [5.74, 6) is -0.299. The Morgan fingerprint density at radius 1 is 1.20 bits per heavy atom. The monoisotopic (exact) mass is 368 g/mol. The highest BCUT2D eigenvalue weighted by Crippen LogP contribution is 2.34. The van der Waals surface area contributed by atoms with Gasteiger partial charge < -0.3 is 4.57 Å². The first-order valence-corrected chi connectivity index (χ1v) is 9.36. The number of aryl methyl sites for hydroxylation is 3. The molecule has 126 valence electrons. The summed E-state index contributed by atoms with van der Waals surface area (Å²) in [6.07, 6.45) is 2.01. The number of benzene rings is 2. The largest absolute Gasteiger partial charge is 0.319 e. The van der Waals surface area contributed by atoms with Crippen molar-refractivity contribution in [2.75, 3.05) is 0 Å². The molecule has 1 aromatic heterocycles. The number of carbonyl (C=O) groups excluding carboxylic acids is 1. The third kappa shape index (κ3) is 2.86. The Morgan fingerprint density at radius 3 is 2.80 bits per heavy atom. The highest BCUT2D eigenvalue weighted by atomic mass is 35.5. The summed E-state index contributed by atoms with van der Waals surface area (Å²) in [5, 5.41) is 0.447. The predicted molar refractivity (Wildman–Crippen MR) is 102 cm³/mol. The van der Waals surface area contributed by atoms with Crippen LogP contribution in [0.15, 0.2) is 47.5 Å². The van der Waals surface area contributed by atoms with Gasteiger partial charge in [-0.25, -0.2) is 0 Å². The Labute approximate surface area is 155 Å². The van der Waals surface area contributed by atoms with E-state index in [0.717, 1.165) is 18.4 Å². The fourth-order valence-electron chi connectivity index (χ4n) is 3.27. The number of amides is 1. The summed E-state index contributed by atoms with van der Waals surface area (Å²) in [6, 6.07) is 13.9. The van der Waals surface area contributed by atoms with Crippen LogP contribution in [0.5, 0.6) is 0 Å². The van der Waals surface area contributed by atoms with Crippen LogP contribution >= 0.6 is 22.9 Å². The van der Waals surface area contributed by atoms with Gasteiger partial charge in [-0.05, 0) is 43.0 Å². The standard InChI is InChI=1S/C20H17ClN2OS/c1-12-7-9-15(16(21)11-12)19(24)22-20-23(2)18-14-6-4-3-5-13(14)8-10-17(18)25-20/h3-7,9,11H,8,10H2,1-2H3. The van der Waals surface area contributed by atoms with E-state index in [-0.39, 0.29) is 5.91 Å². The van der Waals surface area contributed by atoms with Crippen LogP contribution in [0.3, 0.4) is 0 Å². The summed E-state index contributed by atoms with van der Waals surface area (Å²) in [5.41, 5.74) is 5.23. The predicted octanol–water partition coefficient (Wildman–Crippen LogP) is 4.56. The minimum Gasteiger partial charge on any atom is -0.319 e. The zero-order valence-corrected chi connectivity index (χ0v) is 15.6. The summed E-state index contributed by atoms with van der Waals surface area (Å²) >= 11 is 7.80. The zero-order chi connectivity index (χ0) is 17.6. The number of fused-ring (bicyclic) bond motifs is 3. The number of halogens is 1. The maximum absolute atomic E-state index is 12.6. The first-order chi connectivity index (χ1) is 12.0. The van der Waals surface area contributed by atoms with Crippen LogP contribution in [0.25, 0.3) is 11.3 Å². The van der Waals surface area contributed by atoms with Crippen LogP contribution in [-0.4, -0.2) is 10.5 Å². The van der Waals surface area contributed by atoms with Crippen molar-refractivity contribution in [3.8, 4) is 11.3 Å². The minimum absolute atomic E-state index is 0.299. The molecule has 3 nitrogen and oxygen atoms in total. The Bertz CT molecular complexity index is 1060. The molecule has 1 amide bonds. The molecule has 1 aliphatic carbocycles. The topological polar surface area (TPSA) is 34.4 Å². The van der Waals surface area contributed by atoms with Gasteiger partial charge in [0.1, 0.15) is 0 Å². The molecule has 0 saturated carbocycles. The third-order valence-corrected chi connectivity index (χ3v) is 6.05. The molecule has 0 atom stereocenters. The van der Waals surface area contributed by atoms with Gasteiger partial charge in [-0.15, -0.1) is 11.3 Å². The van der Waals surface area contributed by atoms with Gasteiger partial charge in [0.15, 0.2) is 4.80 Å². The zero-order valence-electron chi connectivity index (χ0n) is 14.0. The van der Waals surface area contributed by atoms with E-state index in [1.807, 2.05) is 24.6 Å². The Balaban J connectivity index is 1.82. The molecule has 1 heterocycles. The lowest BCUT2D eigenvalue weighted by Gasteiger charge is -2.16. The molecule has 1 aliphatic rings. The molecule has 0 fully saturated rings. The van der Waals surface area contributed by atoms with Gasteiger partial charge in [0, 0.05) is 17.5 Å². The van der Waals surface area contributed by atoms with Crippen LogP contribution in [0, 0.1) is 6.92 Å². The van der Waals surface area contributed by atoms with E-state index in [2.05, 4.69) is 29.3 Å². The van der Waals surface area contributed by atoms with Gasteiger partial charge in [-0.3, -0.25) is 4.79 Å². The van der Waals surface area contributed by atoms with Crippen molar-refractivity contribution in [3.63, 3.8) is 0 Å². The van der Waals surface area contributed by atoms with Crippen molar-refractivity contribution in [1.82, 2.24) is 4.57 Å². The van der Waals surface area contributed by atoms with Crippen molar-refractivity contribution in [2.45, 2.75) is 19.8 Å². The number of carbonyl (C=O) groups is 1. The van der Waals surface area contributed by atoms with E-state index in [0.29, 0.717) is 15.4 Å². The average Bonchev–Trinajstić information content (AvgIpc) is 2.91. The first-order valence-electron chi connectivity index (χ1n) is 8.17. The second kappa shape index (κ2) is 6.28. The fraction of sp³-hybridized carbons (Fsp3) is 0.200. The van der Waals surface area contributed by atoms with E-state index in [9.17, 15) is 4.79 Å². The van der Waals surface area contributed by atoms with Gasteiger partial charge in [-0.2, -0.15) is 4.99 Å². The van der Waals surface area contributed by atoms with Gasteiger partial charge in [0.2, 0.25) is 0 Å². The SMILES string of the molecule is Cc1ccc(C(=O)N=c2sc3c(n2C)-c2ccccc2CC3)c(Cl)c1. The highest BCUT2D eigenvalue weighted by Gasteiger charge is 2.21. The van der Waals surface area contributed by atoms with Crippen molar-refractivity contribution in [2.24, 2.45) is 12.0 Å². The quantitative estimate of drug-likeness (QED) is 0.620. The summed E-state index contributed by atoms with van der Waals surface area (Å²) in [6.45, 7) is 1.95. The number of aromatic nitrogens is 1. The number of hydrogen-bond acceptors (Lipinski definition) is 2. The third-order valence-electron chi connectivity index (χ3n) is 4.55. The van der Waals surface area contributed by atoms with Crippen LogP contribution < -0.4 is 4.80 Å². The lowest BCUT2D eigenvalue weighted by Crippen LogP contribution is -2.15. The van der Waals surface area contributed by atoms with Gasteiger partial charge >= 0.3 is 0 Å². The molecule has 4 rings (SSSR count). The molecule has 0 spiro atoms. The Morgan fingerprint density at radius 2 is 2.00 bits per heavy atom.